The van der Waals surface area contributed by atoms with E-state index in [-0.39, 0.29) is 19.1 Å². The summed E-state index contributed by atoms with van der Waals surface area (Å²) in [7, 11) is 0. The molecule has 1 fully saturated rings. The Morgan fingerprint density at radius 3 is 2.65 bits per heavy atom. The third kappa shape index (κ3) is 3.26. The molecule has 10 heteroatoms. The van der Waals surface area contributed by atoms with Crippen molar-refractivity contribution in [2.75, 3.05) is 18.4 Å². The van der Waals surface area contributed by atoms with Crippen LogP contribution in [0.25, 0.3) is 0 Å². The number of alkyl halides is 3. The van der Waals surface area contributed by atoms with Gasteiger partial charge in [-0.05, 0) is 6.92 Å². The van der Waals surface area contributed by atoms with Crippen molar-refractivity contribution < 1.29 is 32.0 Å². The Balaban J connectivity index is 1.76. The number of nitrogens with zero attached hydrogens (tertiary/aromatic N) is 2. The van der Waals surface area contributed by atoms with Crippen molar-refractivity contribution in [3.05, 3.63) is 12.0 Å². The molecule has 0 atom stereocenters. The molecule has 0 unspecified atom stereocenters. The molecule has 0 spiro atoms. The Bertz CT molecular complexity index is 522. The van der Waals surface area contributed by atoms with E-state index >= 15 is 0 Å². The lowest BCUT2D eigenvalue weighted by Gasteiger charge is -2.35. The van der Waals surface area contributed by atoms with Crippen LogP contribution >= 0.6 is 0 Å². The van der Waals surface area contributed by atoms with E-state index in [9.17, 15) is 22.8 Å². The fraction of sp³-hybridized carbons (Fsp3) is 0.500. The van der Waals surface area contributed by atoms with Gasteiger partial charge in [-0.3, -0.25) is 10.1 Å². The maximum Gasteiger partial charge on any atom is 0.492 e. The number of carbonyl (C=O) groups excluding carboxylic acids is 2. The maximum atomic E-state index is 11.9. The average molecular weight is 293 g/mol. The average Bonchev–Trinajstić information content (AvgIpc) is 2.66. The van der Waals surface area contributed by atoms with Gasteiger partial charge < -0.3 is 9.25 Å². The van der Waals surface area contributed by atoms with E-state index in [1.54, 1.807) is 6.92 Å². The highest BCUT2D eigenvalue weighted by molar-refractivity contribution is 5.91. The zero-order valence-electron chi connectivity index (χ0n) is 10.2. The summed E-state index contributed by atoms with van der Waals surface area (Å²) in [5.74, 6) is -2.86. The van der Waals surface area contributed by atoms with Gasteiger partial charge in [-0.25, -0.2) is 9.78 Å². The first-order chi connectivity index (χ1) is 9.25. The number of carbonyl (C=O) groups is 2. The van der Waals surface area contributed by atoms with Gasteiger partial charge >= 0.3 is 18.2 Å². The number of hydroxylamine groups is 2. The van der Waals surface area contributed by atoms with Crippen LogP contribution in [0.4, 0.5) is 19.2 Å². The summed E-state index contributed by atoms with van der Waals surface area (Å²) in [5.41, 5.74) is 0. The van der Waals surface area contributed by atoms with Crippen LogP contribution in [0.5, 0.6) is 0 Å². The molecule has 1 N–H and O–H groups in total. The van der Waals surface area contributed by atoms with Crippen molar-refractivity contribution in [1.29, 1.82) is 0 Å². The number of hydrogen-bond acceptors (Lipinski definition) is 6. The number of hydrogen-bond donors (Lipinski definition) is 1. The van der Waals surface area contributed by atoms with Crippen LogP contribution in [0.15, 0.2) is 10.6 Å². The SMILES string of the molecule is Cc1cnc(NC(=O)C2CN(OC(=O)C(F)(F)F)C2)o1. The number of amides is 1. The lowest BCUT2D eigenvalue weighted by atomic mass is 10.0. The van der Waals surface area contributed by atoms with Gasteiger partial charge in [0, 0.05) is 13.1 Å². The van der Waals surface area contributed by atoms with Crippen molar-refractivity contribution in [2.24, 2.45) is 5.92 Å². The first kappa shape index (κ1) is 14.3. The quantitative estimate of drug-likeness (QED) is 0.890. The largest absolute Gasteiger partial charge is 0.492 e. The second-order valence-corrected chi connectivity index (χ2v) is 4.19. The molecule has 1 aliphatic heterocycles. The number of halogens is 3. The van der Waals surface area contributed by atoms with Gasteiger partial charge in [0.1, 0.15) is 5.76 Å². The van der Waals surface area contributed by atoms with Gasteiger partial charge in [0.05, 0.1) is 12.1 Å². The highest BCUT2D eigenvalue weighted by Crippen LogP contribution is 2.22. The molecule has 1 aromatic rings. The van der Waals surface area contributed by atoms with Crippen LogP contribution < -0.4 is 5.32 Å². The molecule has 0 radical (unpaired) electrons. The number of oxazole rings is 1. The Hall–Kier alpha value is -2.10. The Morgan fingerprint density at radius 2 is 2.15 bits per heavy atom. The Kier molecular flexibility index (Phi) is 3.66. The fourth-order valence-corrected chi connectivity index (χ4v) is 1.47. The number of aromatic nitrogens is 1. The van der Waals surface area contributed by atoms with Crippen molar-refractivity contribution in [3.8, 4) is 0 Å². The number of nitrogens with one attached hydrogen (secondary N) is 1. The van der Waals surface area contributed by atoms with Crippen molar-refractivity contribution in [1.82, 2.24) is 10.0 Å². The molecule has 1 saturated heterocycles. The molecule has 1 aliphatic rings. The molecule has 1 amide bonds. The first-order valence-corrected chi connectivity index (χ1v) is 5.53. The monoisotopic (exact) mass is 293 g/mol. The topological polar surface area (TPSA) is 84.7 Å². The van der Waals surface area contributed by atoms with Gasteiger partial charge in [-0.15, -0.1) is 5.06 Å². The Morgan fingerprint density at radius 1 is 1.50 bits per heavy atom. The summed E-state index contributed by atoms with van der Waals surface area (Å²) in [6.45, 7) is 1.41. The molecule has 1 aromatic heterocycles. The van der Waals surface area contributed by atoms with Crippen LogP contribution in [0.1, 0.15) is 5.76 Å². The molecule has 0 bridgehead atoms. The summed E-state index contributed by atoms with van der Waals surface area (Å²) in [6.07, 6.45) is -3.64. The van der Waals surface area contributed by atoms with E-state index in [4.69, 9.17) is 4.42 Å². The number of aryl methyl sites for hydroxylation is 1. The molecule has 0 aliphatic carbocycles. The summed E-state index contributed by atoms with van der Waals surface area (Å²) >= 11 is 0. The molecule has 110 valence electrons. The predicted octanol–water partition coefficient (Wildman–Crippen LogP) is 0.874. The third-order valence-electron chi connectivity index (χ3n) is 2.51. The Labute approximate surface area is 110 Å². The normalized spacial score (nSPS) is 16.6. The molecule has 7 nitrogen and oxygen atoms in total. The number of anilines is 1. The summed E-state index contributed by atoms with van der Waals surface area (Å²) < 4.78 is 40.8. The number of rotatable bonds is 3. The summed E-state index contributed by atoms with van der Waals surface area (Å²) in [5, 5.41) is 3.13. The zero-order chi connectivity index (χ0) is 14.9. The molecule has 2 rings (SSSR count). The molecule has 0 saturated carbocycles. The molecular formula is C10H10F3N3O4. The summed E-state index contributed by atoms with van der Waals surface area (Å²) in [4.78, 5) is 29.9. The molecular weight excluding hydrogens is 283 g/mol. The van der Waals surface area contributed by atoms with Gasteiger partial charge in [0.15, 0.2) is 0 Å². The van der Waals surface area contributed by atoms with E-state index in [1.165, 1.54) is 6.20 Å². The van der Waals surface area contributed by atoms with E-state index in [0.717, 1.165) is 5.06 Å². The molecule has 0 aromatic carbocycles. The minimum atomic E-state index is -5.05. The van der Waals surface area contributed by atoms with Gasteiger partial charge in [0.25, 0.3) is 0 Å². The van der Waals surface area contributed by atoms with E-state index in [2.05, 4.69) is 15.1 Å². The van der Waals surface area contributed by atoms with Crippen LogP contribution in [-0.4, -0.2) is 41.2 Å². The van der Waals surface area contributed by atoms with Gasteiger partial charge in [-0.2, -0.15) is 13.2 Å². The van der Waals surface area contributed by atoms with Crippen LogP contribution in [0, 0.1) is 12.8 Å². The van der Waals surface area contributed by atoms with E-state index in [0.29, 0.717) is 5.76 Å². The van der Waals surface area contributed by atoms with Crippen LogP contribution in [0.3, 0.4) is 0 Å². The van der Waals surface area contributed by atoms with Crippen molar-refractivity contribution in [2.45, 2.75) is 13.1 Å². The fourth-order valence-electron chi connectivity index (χ4n) is 1.47. The predicted molar refractivity (Wildman–Crippen MR) is 57.1 cm³/mol. The van der Waals surface area contributed by atoms with Crippen LogP contribution in [-0.2, 0) is 14.4 Å². The van der Waals surface area contributed by atoms with Gasteiger partial charge in [-0.1, -0.05) is 0 Å². The van der Waals surface area contributed by atoms with Gasteiger partial charge in [0.2, 0.25) is 5.91 Å². The van der Waals surface area contributed by atoms with Crippen LogP contribution in [0.2, 0.25) is 0 Å². The molecule has 20 heavy (non-hydrogen) atoms. The second-order valence-electron chi connectivity index (χ2n) is 4.19. The smallest absolute Gasteiger partial charge is 0.429 e. The van der Waals surface area contributed by atoms with E-state index in [1.807, 2.05) is 0 Å². The minimum absolute atomic E-state index is 0.0123. The minimum Gasteiger partial charge on any atom is -0.429 e. The van der Waals surface area contributed by atoms with E-state index < -0.39 is 24.0 Å². The molecule has 2 heterocycles. The first-order valence-electron chi connectivity index (χ1n) is 5.53. The summed E-state index contributed by atoms with van der Waals surface area (Å²) in [6, 6.07) is 0.0123. The highest BCUT2D eigenvalue weighted by atomic mass is 19.4. The maximum absolute atomic E-state index is 11.9. The van der Waals surface area contributed by atoms with Crippen molar-refractivity contribution >= 4 is 17.9 Å². The third-order valence-corrected chi connectivity index (χ3v) is 2.51. The highest BCUT2D eigenvalue weighted by Gasteiger charge is 2.45. The zero-order valence-corrected chi connectivity index (χ0v) is 10.2. The second kappa shape index (κ2) is 5.12. The lowest BCUT2D eigenvalue weighted by Crippen LogP contribution is -2.53. The van der Waals surface area contributed by atoms with Crippen molar-refractivity contribution in [3.63, 3.8) is 0 Å². The standard InChI is InChI=1S/C10H10F3N3O4/c1-5-2-14-9(19-5)15-7(17)6-3-16(4-6)20-8(18)10(11,12)13/h2,6H,3-4H2,1H3,(H,14,15,17). The lowest BCUT2D eigenvalue weighted by molar-refractivity contribution is -0.256.